The Morgan fingerprint density at radius 3 is 2.26 bits per heavy atom. The summed E-state index contributed by atoms with van der Waals surface area (Å²) in [6, 6.07) is 13.1. The van der Waals surface area contributed by atoms with Crippen molar-refractivity contribution in [3.8, 4) is 11.5 Å². The molecule has 0 bridgehead atoms. The molecule has 0 N–H and O–H groups in total. The van der Waals surface area contributed by atoms with Crippen molar-refractivity contribution in [3.05, 3.63) is 58.1 Å². The van der Waals surface area contributed by atoms with Crippen LogP contribution < -0.4 is 9.47 Å². The molecule has 0 radical (unpaired) electrons. The monoisotopic (exact) mass is 500 g/mol. The van der Waals surface area contributed by atoms with Crippen LogP contribution in [0.2, 0.25) is 0 Å². The molecule has 0 unspecified atom stereocenters. The smallest absolute Gasteiger partial charge is 0.261 e. The van der Waals surface area contributed by atoms with Crippen LogP contribution in [-0.4, -0.2) is 41.4 Å². The van der Waals surface area contributed by atoms with Crippen molar-refractivity contribution < 1.29 is 14.3 Å². The minimum absolute atomic E-state index is 0.149. The number of carbonyl (C=O) groups excluding carboxylic acids is 1. The third kappa shape index (κ3) is 4.13. The molecule has 1 heterocycles. The predicted molar refractivity (Wildman–Crippen MR) is 129 cm³/mol. The van der Waals surface area contributed by atoms with E-state index in [4.69, 9.17) is 26.7 Å². The lowest BCUT2D eigenvalue weighted by molar-refractivity contribution is 0.0691. The van der Waals surface area contributed by atoms with Gasteiger partial charge in [0, 0.05) is 15.6 Å². The second-order valence-electron chi connectivity index (χ2n) is 7.88. The Hall–Kier alpha value is -2.25. The first-order valence-corrected chi connectivity index (χ1v) is 11.7. The summed E-state index contributed by atoms with van der Waals surface area (Å²) in [5.41, 5.74) is 1.54. The van der Waals surface area contributed by atoms with Gasteiger partial charge < -0.3 is 9.47 Å². The molecule has 1 aliphatic carbocycles. The summed E-state index contributed by atoms with van der Waals surface area (Å²) in [6.45, 7) is 0. The summed E-state index contributed by atoms with van der Waals surface area (Å²) >= 11 is 9.35. The maximum atomic E-state index is 13.8. The average Bonchev–Trinajstić information content (AvgIpc) is 2.92. The van der Waals surface area contributed by atoms with E-state index in [1.807, 2.05) is 24.3 Å². The highest BCUT2D eigenvalue weighted by Crippen LogP contribution is 2.41. The molecule has 162 valence electrons. The van der Waals surface area contributed by atoms with Crippen LogP contribution >= 0.6 is 28.1 Å². The van der Waals surface area contributed by atoms with Gasteiger partial charge in [0.15, 0.2) is 11.5 Å². The molecule has 1 fully saturated rings. The van der Waals surface area contributed by atoms with Gasteiger partial charge >= 0.3 is 0 Å². The number of amides is 1. The quantitative estimate of drug-likeness (QED) is 0.498. The van der Waals surface area contributed by atoms with Gasteiger partial charge in [-0.1, -0.05) is 53.1 Å². The van der Waals surface area contributed by atoms with E-state index in [0.29, 0.717) is 22.1 Å². The highest BCUT2D eigenvalue weighted by atomic mass is 79.9. The van der Waals surface area contributed by atoms with E-state index in [1.54, 1.807) is 37.3 Å². The second-order valence-corrected chi connectivity index (χ2v) is 9.18. The lowest BCUT2D eigenvalue weighted by Crippen LogP contribution is -2.49. The largest absolute Gasteiger partial charge is 0.493 e. The summed E-state index contributed by atoms with van der Waals surface area (Å²) in [4.78, 5) is 21.2. The number of methoxy groups -OCH3 is 2. The number of benzene rings is 2. The van der Waals surface area contributed by atoms with Crippen LogP contribution in [-0.2, 0) is 0 Å². The zero-order chi connectivity index (χ0) is 22.0. The molecule has 2 aromatic carbocycles. The number of hydrogen-bond acceptors (Lipinski definition) is 5. The summed E-state index contributed by atoms with van der Waals surface area (Å²) < 4.78 is 11.7. The Bertz CT molecular complexity index is 1030. The minimum Gasteiger partial charge on any atom is -0.493 e. The van der Waals surface area contributed by atoms with E-state index < -0.39 is 5.66 Å². The number of nitrogens with zero attached hydrogens (tertiary/aromatic N) is 2. The van der Waals surface area contributed by atoms with Crippen LogP contribution in [0, 0.1) is 0 Å². The van der Waals surface area contributed by atoms with E-state index in [1.165, 1.54) is 0 Å². The first-order chi connectivity index (χ1) is 15.0. The molecular weight excluding hydrogens is 476 g/mol. The standard InChI is InChI=1S/C24H25BrN2O3S/c1-29-19-12-9-17(15-20(19)30-2)22(28)27-23(31)21(16-7-10-18(25)11-8-16)26-24(27)13-5-3-4-6-14-24/h7-12,15H,3-6,13-14H2,1-2H3. The number of halogens is 1. The van der Waals surface area contributed by atoms with Gasteiger partial charge in [0.05, 0.1) is 14.2 Å². The van der Waals surface area contributed by atoms with Crippen LogP contribution in [0.15, 0.2) is 51.9 Å². The van der Waals surface area contributed by atoms with Crippen LogP contribution in [0.4, 0.5) is 0 Å². The molecule has 2 aromatic rings. The Morgan fingerprint density at radius 1 is 1.00 bits per heavy atom. The van der Waals surface area contributed by atoms with E-state index in [-0.39, 0.29) is 5.91 Å². The normalized spacial score (nSPS) is 18.0. The number of aliphatic imine (C=N–C) groups is 1. The van der Waals surface area contributed by atoms with Crippen molar-refractivity contribution in [2.24, 2.45) is 4.99 Å². The van der Waals surface area contributed by atoms with Gasteiger partial charge in [0.25, 0.3) is 5.91 Å². The SMILES string of the molecule is COc1ccc(C(=O)N2C(=S)C(c3ccc(Br)cc3)=NC23CCCCCC3)cc1OC. The van der Waals surface area contributed by atoms with Gasteiger partial charge in [-0.25, -0.2) is 0 Å². The molecule has 0 aromatic heterocycles. The summed E-state index contributed by atoms with van der Waals surface area (Å²) in [6.07, 6.45) is 5.97. The van der Waals surface area contributed by atoms with Crippen molar-refractivity contribution in [1.82, 2.24) is 4.90 Å². The molecule has 0 saturated heterocycles. The number of carbonyl (C=O) groups is 1. The third-order valence-electron chi connectivity index (χ3n) is 6.00. The maximum absolute atomic E-state index is 13.8. The van der Waals surface area contributed by atoms with E-state index in [0.717, 1.165) is 54.3 Å². The highest BCUT2D eigenvalue weighted by molar-refractivity contribution is 9.10. The molecule has 1 aliphatic heterocycles. The van der Waals surface area contributed by atoms with Gasteiger partial charge in [-0.2, -0.15) is 0 Å². The van der Waals surface area contributed by atoms with Crippen LogP contribution in [0.5, 0.6) is 11.5 Å². The van der Waals surface area contributed by atoms with E-state index in [9.17, 15) is 4.79 Å². The number of hydrogen-bond donors (Lipinski definition) is 0. The Morgan fingerprint density at radius 2 is 1.65 bits per heavy atom. The molecule has 0 atom stereocenters. The fourth-order valence-electron chi connectivity index (χ4n) is 4.41. The third-order valence-corrected chi connectivity index (χ3v) is 6.90. The molecule has 4 rings (SSSR count). The average molecular weight is 501 g/mol. The van der Waals surface area contributed by atoms with Gasteiger partial charge in [0.2, 0.25) is 0 Å². The summed E-state index contributed by atoms with van der Waals surface area (Å²) in [5.74, 6) is 0.949. The zero-order valence-corrected chi connectivity index (χ0v) is 20.1. The Labute approximate surface area is 196 Å². The molecule has 1 spiro atoms. The van der Waals surface area contributed by atoms with Crippen LogP contribution in [0.1, 0.15) is 54.4 Å². The van der Waals surface area contributed by atoms with Gasteiger partial charge in [-0.15, -0.1) is 0 Å². The fraction of sp³-hybridized carbons (Fsp3) is 0.375. The highest BCUT2D eigenvalue weighted by Gasteiger charge is 2.48. The maximum Gasteiger partial charge on any atom is 0.261 e. The number of rotatable bonds is 4. The predicted octanol–water partition coefficient (Wildman–Crippen LogP) is 5.79. The summed E-state index contributed by atoms with van der Waals surface area (Å²) in [5, 5.41) is 0. The van der Waals surface area contributed by atoms with Crippen molar-refractivity contribution in [2.45, 2.75) is 44.2 Å². The summed E-state index contributed by atoms with van der Waals surface area (Å²) in [7, 11) is 3.14. The van der Waals surface area contributed by atoms with E-state index in [2.05, 4.69) is 15.9 Å². The molecular formula is C24H25BrN2O3S. The first-order valence-electron chi connectivity index (χ1n) is 10.5. The van der Waals surface area contributed by atoms with Crippen molar-refractivity contribution in [2.75, 3.05) is 14.2 Å². The lowest BCUT2D eigenvalue weighted by atomic mass is 9.98. The van der Waals surface area contributed by atoms with Crippen molar-refractivity contribution in [3.63, 3.8) is 0 Å². The van der Waals surface area contributed by atoms with E-state index >= 15 is 0 Å². The van der Waals surface area contributed by atoms with Crippen molar-refractivity contribution >= 4 is 44.8 Å². The minimum atomic E-state index is -0.625. The molecule has 5 nitrogen and oxygen atoms in total. The Kier molecular flexibility index (Phi) is 6.44. The van der Waals surface area contributed by atoms with Crippen LogP contribution in [0.3, 0.4) is 0 Å². The molecule has 31 heavy (non-hydrogen) atoms. The zero-order valence-electron chi connectivity index (χ0n) is 17.7. The van der Waals surface area contributed by atoms with Crippen molar-refractivity contribution in [1.29, 1.82) is 0 Å². The molecule has 2 aliphatic rings. The van der Waals surface area contributed by atoms with Gasteiger partial charge in [-0.05, 0) is 56.0 Å². The van der Waals surface area contributed by atoms with Gasteiger partial charge in [-0.3, -0.25) is 14.7 Å². The fourth-order valence-corrected chi connectivity index (χ4v) is 5.09. The van der Waals surface area contributed by atoms with Gasteiger partial charge in [0.1, 0.15) is 16.4 Å². The molecule has 1 saturated carbocycles. The molecule has 1 amide bonds. The second kappa shape index (κ2) is 9.09. The first kappa shape index (κ1) is 22.0. The topological polar surface area (TPSA) is 51.1 Å². The van der Waals surface area contributed by atoms with Crippen LogP contribution in [0.25, 0.3) is 0 Å². The lowest BCUT2D eigenvalue weighted by Gasteiger charge is -2.35. The molecule has 7 heteroatoms. The Balaban J connectivity index is 1.77. The number of ether oxygens (including phenoxy) is 2. The number of thiocarbonyl (C=S) groups is 1.